The largest absolute Gasteiger partial charge is 0.493 e. The third kappa shape index (κ3) is 4.07. The molecule has 4 heteroatoms. The lowest BCUT2D eigenvalue weighted by Crippen LogP contribution is -2.18. The summed E-state index contributed by atoms with van der Waals surface area (Å²) in [4.78, 5) is 11.8. The zero-order valence-electron chi connectivity index (χ0n) is 13.9. The summed E-state index contributed by atoms with van der Waals surface area (Å²) in [6.07, 6.45) is 1.23. The normalized spacial score (nSPS) is 16.0. The first-order valence-electron chi connectivity index (χ1n) is 8.35. The van der Waals surface area contributed by atoms with Crippen LogP contribution in [-0.4, -0.2) is 19.2 Å². The number of carbonyl (C=O) groups is 1. The molecule has 2 aromatic carbocycles. The number of fused-ring (bicyclic) bond motifs is 1. The molecule has 4 nitrogen and oxygen atoms in total. The molecule has 0 amide bonds. The summed E-state index contributed by atoms with van der Waals surface area (Å²) in [5.74, 6) is 1.58. The van der Waals surface area contributed by atoms with Crippen LogP contribution < -0.4 is 9.47 Å². The van der Waals surface area contributed by atoms with Gasteiger partial charge in [0.05, 0.1) is 19.6 Å². The summed E-state index contributed by atoms with van der Waals surface area (Å²) < 4.78 is 16.7. The first-order chi connectivity index (χ1) is 11.8. The van der Waals surface area contributed by atoms with E-state index in [-0.39, 0.29) is 11.9 Å². The fraction of sp³-hybridized carbons (Fsp3) is 0.350. The van der Waals surface area contributed by atoms with Crippen molar-refractivity contribution in [3.63, 3.8) is 0 Å². The van der Waals surface area contributed by atoms with Crippen LogP contribution in [0, 0.1) is 0 Å². The van der Waals surface area contributed by atoms with Crippen molar-refractivity contribution in [3.05, 3.63) is 59.7 Å². The highest BCUT2D eigenvalue weighted by atomic mass is 16.5. The van der Waals surface area contributed by atoms with Gasteiger partial charge >= 0.3 is 5.97 Å². The minimum Gasteiger partial charge on any atom is -0.493 e. The van der Waals surface area contributed by atoms with Crippen molar-refractivity contribution >= 4 is 5.97 Å². The zero-order valence-corrected chi connectivity index (χ0v) is 13.9. The Kier molecular flexibility index (Phi) is 5.36. The van der Waals surface area contributed by atoms with E-state index < -0.39 is 0 Å². The average molecular weight is 326 g/mol. The van der Waals surface area contributed by atoms with Gasteiger partial charge in [0.1, 0.15) is 18.1 Å². The second kappa shape index (κ2) is 7.86. The Balaban J connectivity index is 1.67. The molecule has 0 N–H and O–H groups in total. The lowest BCUT2D eigenvalue weighted by Gasteiger charge is -2.25. The maximum absolute atomic E-state index is 11.8. The van der Waals surface area contributed by atoms with Crippen LogP contribution in [0.1, 0.15) is 36.8 Å². The van der Waals surface area contributed by atoms with E-state index in [0.29, 0.717) is 26.2 Å². The van der Waals surface area contributed by atoms with Gasteiger partial charge in [0, 0.05) is 12.0 Å². The Morgan fingerprint density at radius 2 is 2.04 bits per heavy atom. The summed E-state index contributed by atoms with van der Waals surface area (Å²) in [7, 11) is 0. The van der Waals surface area contributed by atoms with Crippen LogP contribution in [0.5, 0.6) is 11.5 Å². The van der Waals surface area contributed by atoms with E-state index in [9.17, 15) is 4.79 Å². The lowest BCUT2D eigenvalue weighted by molar-refractivity contribution is -0.143. The molecule has 24 heavy (non-hydrogen) atoms. The maximum Gasteiger partial charge on any atom is 0.306 e. The van der Waals surface area contributed by atoms with Gasteiger partial charge in [-0.2, -0.15) is 0 Å². The quantitative estimate of drug-likeness (QED) is 0.750. The Morgan fingerprint density at radius 3 is 2.83 bits per heavy atom. The maximum atomic E-state index is 11.8. The number of carbonyl (C=O) groups excluding carboxylic acids is 1. The minimum atomic E-state index is -0.153. The number of benzene rings is 2. The number of hydrogen-bond acceptors (Lipinski definition) is 4. The molecule has 3 rings (SSSR count). The molecular weight excluding hydrogens is 304 g/mol. The fourth-order valence-electron chi connectivity index (χ4n) is 2.91. The van der Waals surface area contributed by atoms with Gasteiger partial charge in [-0.3, -0.25) is 4.79 Å². The van der Waals surface area contributed by atoms with Crippen molar-refractivity contribution in [3.8, 4) is 11.5 Å². The Bertz CT molecular complexity index is 681. The van der Waals surface area contributed by atoms with E-state index in [1.807, 2.05) is 55.5 Å². The van der Waals surface area contributed by atoms with Gasteiger partial charge in [0.15, 0.2) is 0 Å². The van der Waals surface area contributed by atoms with Crippen molar-refractivity contribution in [1.29, 1.82) is 0 Å². The molecule has 0 saturated carbocycles. The van der Waals surface area contributed by atoms with Gasteiger partial charge in [0.25, 0.3) is 0 Å². The highest BCUT2D eigenvalue weighted by molar-refractivity contribution is 5.71. The van der Waals surface area contributed by atoms with Gasteiger partial charge in [-0.15, -0.1) is 0 Å². The predicted octanol–water partition coefficient (Wildman–Crippen LogP) is 4.08. The molecule has 1 aliphatic rings. The molecule has 1 aliphatic heterocycles. The monoisotopic (exact) mass is 326 g/mol. The van der Waals surface area contributed by atoms with E-state index in [0.717, 1.165) is 29.0 Å². The van der Waals surface area contributed by atoms with Crippen LogP contribution in [0.2, 0.25) is 0 Å². The molecule has 0 bridgehead atoms. The Morgan fingerprint density at radius 1 is 1.21 bits per heavy atom. The van der Waals surface area contributed by atoms with Crippen molar-refractivity contribution in [1.82, 2.24) is 0 Å². The summed E-state index contributed by atoms with van der Waals surface area (Å²) in [5, 5.41) is 0. The second-order valence-corrected chi connectivity index (χ2v) is 5.82. The smallest absolute Gasteiger partial charge is 0.306 e. The molecule has 126 valence electrons. The minimum absolute atomic E-state index is 0.149. The standard InChI is InChI=1S/C20H22O4/c1-2-22-20(21)12-16-10-11-23-19-13-17(8-9-18(16)19)24-14-15-6-4-3-5-7-15/h3-9,13,16H,2,10-12,14H2,1H3/t16-/m0/s1. The summed E-state index contributed by atoms with van der Waals surface area (Å²) >= 11 is 0. The molecule has 1 heterocycles. The molecule has 0 saturated heterocycles. The number of ether oxygens (including phenoxy) is 3. The third-order valence-electron chi connectivity index (χ3n) is 4.12. The van der Waals surface area contributed by atoms with Crippen LogP contribution in [0.4, 0.5) is 0 Å². The molecule has 0 unspecified atom stereocenters. The first kappa shape index (κ1) is 16.4. The molecule has 1 atom stereocenters. The van der Waals surface area contributed by atoms with Gasteiger partial charge in [0.2, 0.25) is 0 Å². The van der Waals surface area contributed by atoms with Gasteiger partial charge < -0.3 is 14.2 Å². The topological polar surface area (TPSA) is 44.8 Å². The second-order valence-electron chi connectivity index (χ2n) is 5.82. The highest BCUT2D eigenvalue weighted by Crippen LogP contribution is 2.38. The van der Waals surface area contributed by atoms with Crippen LogP contribution in [0.15, 0.2) is 48.5 Å². The Hall–Kier alpha value is -2.49. The van der Waals surface area contributed by atoms with E-state index in [2.05, 4.69) is 0 Å². The van der Waals surface area contributed by atoms with Crippen LogP contribution >= 0.6 is 0 Å². The molecular formula is C20H22O4. The highest BCUT2D eigenvalue weighted by Gasteiger charge is 2.24. The van der Waals surface area contributed by atoms with Crippen molar-refractivity contribution in [2.45, 2.75) is 32.3 Å². The average Bonchev–Trinajstić information content (AvgIpc) is 2.61. The van der Waals surface area contributed by atoms with Crippen molar-refractivity contribution < 1.29 is 19.0 Å². The van der Waals surface area contributed by atoms with Gasteiger partial charge in [-0.05, 0) is 30.5 Å². The van der Waals surface area contributed by atoms with Crippen LogP contribution in [-0.2, 0) is 16.1 Å². The SMILES string of the molecule is CCOC(=O)C[C@@H]1CCOc2cc(OCc3ccccc3)ccc21. The van der Waals surface area contributed by atoms with E-state index in [1.165, 1.54) is 0 Å². The van der Waals surface area contributed by atoms with Gasteiger partial charge in [-0.1, -0.05) is 36.4 Å². The van der Waals surface area contributed by atoms with Crippen molar-refractivity contribution in [2.24, 2.45) is 0 Å². The number of esters is 1. The summed E-state index contributed by atoms with van der Waals surface area (Å²) in [6, 6.07) is 15.9. The van der Waals surface area contributed by atoms with E-state index in [1.54, 1.807) is 0 Å². The third-order valence-corrected chi connectivity index (χ3v) is 4.12. The summed E-state index contributed by atoms with van der Waals surface area (Å²) in [6.45, 7) is 3.37. The zero-order chi connectivity index (χ0) is 16.8. The molecule has 0 radical (unpaired) electrons. The number of hydrogen-bond donors (Lipinski definition) is 0. The fourth-order valence-corrected chi connectivity index (χ4v) is 2.91. The lowest BCUT2D eigenvalue weighted by atomic mass is 9.90. The first-order valence-corrected chi connectivity index (χ1v) is 8.35. The molecule has 0 aliphatic carbocycles. The molecule has 0 spiro atoms. The molecule has 0 aromatic heterocycles. The van der Waals surface area contributed by atoms with E-state index >= 15 is 0 Å². The predicted molar refractivity (Wildman–Crippen MR) is 91.3 cm³/mol. The van der Waals surface area contributed by atoms with Crippen LogP contribution in [0.3, 0.4) is 0 Å². The van der Waals surface area contributed by atoms with Crippen LogP contribution in [0.25, 0.3) is 0 Å². The van der Waals surface area contributed by atoms with E-state index in [4.69, 9.17) is 14.2 Å². The summed E-state index contributed by atoms with van der Waals surface area (Å²) in [5.41, 5.74) is 2.18. The van der Waals surface area contributed by atoms with Crippen molar-refractivity contribution in [2.75, 3.05) is 13.2 Å². The molecule has 0 fully saturated rings. The Labute approximate surface area is 142 Å². The number of rotatable bonds is 6. The van der Waals surface area contributed by atoms with Gasteiger partial charge in [-0.25, -0.2) is 0 Å². The molecule has 2 aromatic rings.